The molecule has 1 aromatic carbocycles. The molecule has 0 aromatic heterocycles. The van der Waals surface area contributed by atoms with E-state index in [1.165, 1.54) is 0 Å². The number of amides is 1. The zero-order valence-electron chi connectivity index (χ0n) is 10.7. The average molecular weight is 323 g/mol. The highest BCUT2D eigenvalue weighted by molar-refractivity contribution is 9.10. The summed E-state index contributed by atoms with van der Waals surface area (Å²) >= 11 is 3.40. The lowest BCUT2D eigenvalue weighted by Crippen LogP contribution is -2.28. The van der Waals surface area contributed by atoms with Gasteiger partial charge in [-0.25, -0.2) is 0 Å². The first-order chi connectivity index (χ1) is 9.11. The number of benzene rings is 1. The third-order valence-electron chi connectivity index (χ3n) is 3.46. The van der Waals surface area contributed by atoms with Gasteiger partial charge in [0.15, 0.2) is 0 Å². The van der Waals surface area contributed by atoms with Gasteiger partial charge in [0.25, 0.3) is 0 Å². The van der Waals surface area contributed by atoms with Gasteiger partial charge in [0, 0.05) is 28.9 Å². The van der Waals surface area contributed by atoms with Gasteiger partial charge in [0.1, 0.15) is 0 Å². The molecule has 0 radical (unpaired) electrons. The summed E-state index contributed by atoms with van der Waals surface area (Å²) in [6.07, 6.45) is 0.472. The Morgan fingerprint density at radius 3 is 2.84 bits per heavy atom. The first kappa shape index (κ1) is 13.9. The van der Waals surface area contributed by atoms with E-state index in [1.807, 2.05) is 36.1 Å². The van der Waals surface area contributed by atoms with Crippen molar-refractivity contribution in [1.82, 2.24) is 4.90 Å². The molecular formula is C13H15BrN4O. The summed E-state index contributed by atoms with van der Waals surface area (Å²) in [6, 6.07) is 8.04. The lowest BCUT2D eigenvalue weighted by Gasteiger charge is -2.25. The maximum Gasteiger partial charge on any atom is 0.223 e. The average Bonchev–Trinajstić information content (AvgIpc) is 2.77. The molecule has 100 valence electrons. The Balaban J connectivity index is 2.07. The fourth-order valence-corrected chi connectivity index (χ4v) is 2.64. The fraction of sp³-hybridized carbons (Fsp3) is 0.462. The third kappa shape index (κ3) is 3.28. The molecule has 1 fully saturated rings. The van der Waals surface area contributed by atoms with E-state index in [2.05, 4.69) is 26.0 Å². The predicted molar refractivity (Wildman–Crippen MR) is 76.4 cm³/mol. The summed E-state index contributed by atoms with van der Waals surface area (Å²) in [7, 11) is 0. The number of carbonyl (C=O) groups excluding carboxylic acids is 1. The monoisotopic (exact) mass is 322 g/mol. The van der Waals surface area contributed by atoms with Gasteiger partial charge >= 0.3 is 0 Å². The zero-order chi connectivity index (χ0) is 13.8. The Bertz CT molecular complexity index is 510. The molecule has 6 heteroatoms. The van der Waals surface area contributed by atoms with E-state index in [4.69, 9.17) is 5.53 Å². The lowest BCUT2D eigenvalue weighted by molar-refractivity contribution is -0.129. The van der Waals surface area contributed by atoms with Gasteiger partial charge in [-0.3, -0.25) is 4.79 Å². The normalized spacial score (nSPS) is 20.2. The van der Waals surface area contributed by atoms with E-state index >= 15 is 0 Å². The molecule has 0 N–H and O–H groups in total. The van der Waals surface area contributed by atoms with E-state index in [1.54, 1.807) is 0 Å². The number of carbonyl (C=O) groups is 1. The molecule has 19 heavy (non-hydrogen) atoms. The molecule has 0 bridgehead atoms. The molecule has 1 amide bonds. The zero-order valence-corrected chi connectivity index (χ0v) is 12.2. The molecule has 0 aliphatic carbocycles. The number of hydrogen-bond donors (Lipinski definition) is 0. The topological polar surface area (TPSA) is 69.1 Å². The second kappa shape index (κ2) is 6.08. The molecule has 1 heterocycles. The summed E-state index contributed by atoms with van der Waals surface area (Å²) in [5.74, 6) is 0.273. The van der Waals surface area contributed by atoms with Crippen LogP contribution in [0.5, 0.6) is 0 Å². The molecule has 5 nitrogen and oxygen atoms in total. The number of hydrogen-bond acceptors (Lipinski definition) is 2. The summed E-state index contributed by atoms with van der Waals surface area (Å²) in [5, 5.41) is 3.56. The highest BCUT2D eigenvalue weighted by Crippen LogP contribution is 2.29. The van der Waals surface area contributed by atoms with Crippen LogP contribution in [-0.2, 0) is 4.79 Å². The van der Waals surface area contributed by atoms with Gasteiger partial charge in [0.2, 0.25) is 5.91 Å². The maximum absolute atomic E-state index is 12.0. The molecule has 1 saturated heterocycles. The van der Waals surface area contributed by atoms with Crippen molar-refractivity contribution in [3.8, 4) is 0 Å². The van der Waals surface area contributed by atoms with Gasteiger partial charge in [-0.05, 0) is 36.1 Å². The molecule has 0 spiro atoms. The van der Waals surface area contributed by atoms with Crippen LogP contribution >= 0.6 is 15.9 Å². The van der Waals surface area contributed by atoms with E-state index in [0.29, 0.717) is 19.5 Å². The minimum absolute atomic E-state index is 0.0525. The van der Waals surface area contributed by atoms with Gasteiger partial charge in [-0.2, -0.15) is 0 Å². The van der Waals surface area contributed by atoms with E-state index in [0.717, 1.165) is 10.0 Å². The van der Waals surface area contributed by atoms with E-state index in [-0.39, 0.29) is 17.9 Å². The first-order valence-corrected chi connectivity index (χ1v) is 6.97. The predicted octanol–water partition coefficient (Wildman–Crippen LogP) is 3.67. The summed E-state index contributed by atoms with van der Waals surface area (Å²) in [4.78, 5) is 16.6. The number of rotatable bonds is 4. The molecular weight excluding hydrogens is 308 g/mol. The lowest BCUT2D eigenvalue weighted by atomic mass is 10.1. The quantitative estimate of drug-likeness (QED) is 0.473. The number of azide groups is 1. The van der Waals surface area contributed by atoms with Crippen molar-refractivity contribution >= 4 is 21.8 Å². The fourth-order valence-electron chi connectivity index (χ4n) is 2.38. The van der Waals surface area contributed by atoms with Crippen LogP contribution in [0.1, 0.15) is 24.9 Å². The number of nitrogens with zero attached hydrogens (tertiary/aromatic N) is 4. The van der Waals surface area contributed by atoms with Crippen molar-refractivity contribution in [3.05, 3.63) is 44.7 Å². The highest BCUT2D eigenvalue weighted by atomic mass is 79.9. The van der Waals surface area contributed by atoms with Crippen LogP contribution in [0.3, 0.4) is 0 Å². The Kier molecular flexibility index (Phi) is 4.45. The minimum atomic E-state index is 0.0525. The van der Waals surface area contributed by atoms with Crippen molar-refractivity contribution in [2.24, 2.45) is 11.0 Å². The molecule has 1 aliphatic rings. The number of likely N-dealkylation sites (tertiary alicyclic amines) is 1. The molecule has 1 aromatic rings. The van der Waals surface area contributed by atoms with Crippen LogP contribution in [0.2, 0.25) is 0 Å². The van der Waals surface area contributed by atoms with E-state index in [9.17, 15) is 4.79 Å². The molecule has 1 aliphatic heterocycles. The van der Waals surface area contributed by atoms with Crippen LogP contribution in [0.4, 0.5) is 0 Å². The maximum atomic E-state index is 12.0. The second-order valence-corrected chi connectivity index (χ2v) is 5.67. The largest absolute Gasteiger partial charge is 0.336 e. The molecule has 2 unspecified atom stereocenters. The SMILES string of the molecule is CC(c1ccc(Br)cc1)N1CC(CN=[N+]=[N-])CC1=O. The van der Waals surface area contributed by atoms with Crippen molar-refractivity contribution in [2.45, 2.75) is 19.4 Å². The molecule has 2 atom stereocenters. The Morgan fingerprint density at radius 2 is 2.21 bits per heavy atom. The van der Waals surface area contributed by atoms with Gasteiger partial charge in [-0.15, -0.1) is 0 Å². The van der Waals surface area contributed by atoms with Crippen molar-refractivity contribution in [3.63, 3.8) is 0 Å². The van der Waals surface area contributed by atoms with Crippen LogP contribution in [0.15, 0.2) is 33.9 Å². The van der Waals surface area contributed by atoms with Crippen LogP contribution in [-0.4, -0.2) is 23.9 Å². The second-order valence-electron chi connectivity index (χ2n) is 4.76. The van der Waals surface area contributed by atoms with Crippen molar-refractivity contribution < 1.29 is 4.79 Å². The molecule has 0 saturated carbocycles. The number of halogens is 1. The Hall–Kier alpha value is -1.52. The van der Waals surface area contributed by atoms with Crippen LogP contribution in [0.25, 0.3) is 10.4 Å². The standard InChI is InChI=1S/C13H15BrN4O/c1-9(11-2-4-12(14)5-3-11)18-8-10(6-13(18)19)7-16-17-15/h2-5,9-10H,6-8H2,1H3. The van der Waals surface area contributed by atoms with Gasteiger partial charge in [0.05, 0.1) is 6.04 Å². The third-order valence-corrected chi connectivity index (χ3v) is 3.99. The molecule has 2 rings (SSSR count). The van der Waals surface area contributed by atoms with Crippen LogP contribution < -0.4 is 0 Å². The summed E-state index contributed by atoms with van der Waals surface area (Å²) in [5.41, 5.74) is 9.44. The van der Waals surface area contributed by atoms with E-state index < -0.39 is 0 Å². The summed E-state index contributed by atoms with van der Waals surface area (Å²) < 4.78 is 1.03. The Labute approximate surface area is 120 Å². The Morgan fingerprint density at radius 1 is 1.53 bits per heavy atom. The minimum Gasteiger partial charge on any atom is -0.336 e. The van der Waals surface area contributed by atoms with Crippen molar-refractivity contribution in [2.75, 3.05) is 13.1 Å². The summed E-state index contributed by atoms with van der Waals surface area (Å²) in [6.45, 7) is 3.08. The van der Waals surface area contributed by atoms with Gasteiger partial charge in [-0.1, -0.05) is 33.2 Å². The first-order valence-electron chi connectivity index (χ1n) is 6.17. The van der Waals surface area contributed by atoms with Crippen LogP contribution in [0, 0.1) is 5.92 Å². The smallest absolute Gasteiger partial charge is 0.223 e. The van der Waals surface area contributed by atoms with Crippen molar-refractivity contribution in [1.29, 1.82) is 0 Å². The van der Waals surface area contributed by atoms with Gasteiger partial charge < -0.3 is 4.90 Å². The highest BCUT2D eigenvalue weighted by Gasteiger charge is 2.32.